The molecule has 2 aliphatic heterocycles. The second-order valence-electron chi connectivity index (χ2n) is 8.82. The molecule has 2 N–H and O–H groups in total. The van der Waals surface area contributed by atoms with Crippen LogP contribution in [0.15, 0.2) is 70.7 Å². The number of benzene rings is 1. The topological polar surface area (TPSA) is 82.0 Å². The van der Waals surface area contributed by atoms with Gasteiger partial charge in [-0.15, -0.1) is 0 Å². The predicted molar refractivity (Wildman–Crippen MR) is 138 cm³/mol. The van der Waals surface area contributed by atoms with Crippen LogP contribution in [-0.4, -0.2) is 47.0 Å². The average molecular weight is 457 g/mol. The predicted octanol–water partition coefficient (Wildman–Crippen LogP) is 4.31. The van der Waals surface area contributed by atoms with Crippen LogP contribution in [0.3, 0.4) is 0 Å². The zero-order chi connectivity index (χ0) is 24.1. The monoisotopic (exact) mass is 456 g/mol. The first-order chi connectivity index (χ1) is 16.5. The molecule has 2 aliphatic rings. The van der Waals surface area contributed by atoms with Crippen LogP contribution in [-0.2, 0) is 0 Å². The van der Waals surface area contributed by atoms with Gasteiger partial charge in [-0.3, -0.25) is 9.78 Å². The highest BCUT2D eigenvalue weighted by Gasteiger charge is 2.23. The van der Waals surface area contributed by atoms with Crippen molar-refractivity contribution in [2.45, 2.75) is 46.1 Å². The molecule has 0 spiro atoms. The Kier molecular flexibility index (Phi) is 7.33. The molecule has 0 radical (unpaired) electrons. The van der Waals surface area contributed by atoms with Crippen molar-refractivity contribution < 1.29 is 4.79 Å². The van der Waals surface area contributed by atoms with Crippen molar-refractivity contribution in [3.63, 3.8) is 0 Å². The van der Waals surface area contributed by atoms with Gasteiger partial charge in [0.1, 0.15) is 0 Å². The van der Waals surface area contributed by atoms with E-state index in [9.17, 15) is 4.79 Å². The summed E-state index contributed by atoms with van der Waals surface area (Å²) >= 11 is 0. The van der Waals surface area contributed by atoms with Gasteiger partial charge in [0.2, 0.25) is 0 Å². The summed E-state index contributed by atoms with van der Waals surface area (Å²) in [5, 5.41) is 12.6. The lowest BCUT2D eigenvalue weighted by molar-refractivity contribution is 0.0950. The molecule has 2 aromatic rings. The first-order valence-electron chi connectivity index (χ1n) is 11.9. The van der Waals surface area contributed by atoms with Crippen LogP contribution >= 0.6 is 0 Å². The van der Waals surface area contributed by atoms with Gasteiger partial charge in [-0.25, -0.2) is 10.0 Å². The molecular weight excluding hydrogens is 424 g/mol. The molecule has 0 bridgehead atoms. The van der Waals surface area contributed by atoms with Gasteiger partial charge in [0, 0.05) is 53.8 Å². The van der Waals surface area contributed by atoms with Gasteiger partial charge in [-0.1, -0.05) is 51.1 Å². The maximum absolute atomic E-state index is 13.0. The molecule has 1 unspecified atom stereocenters. The fourth-order valence-electron chi connectivity index (χ4n) is 3.92. The summed E-state index contributed by atoms with van der Waals surface area (Å²) in [7, 11) is 0. The van der Waals surface area contributed by atoms with Crippen LogP contribution in [0.4, 0.5) is 0 Å². The average Bonchev–Trinajstić information content (AvgIpc) is 2.87. The Bertz CT molecular complexity index is 1160. The Labute approximate surface area is 201 Å². The minimum atomic E-state index is -0.0979. The highest BCUT2D eigenvalue weighted by atomic mass is 16.1. The third-order valence-corrected chi connectivity index (χ3v) is 5.79. The highest BCUT2D eigenvalue weighted by molar-refractivity contribution is 6.10. The van der Waals surface area contributed by atoms with Crippen LogP contribution in [0.25, 0.3) is 5.57 Å². The van der Waals surface area contributed by atoms with E-state index in [0.717, 1.165) is 40.6 Å². The van der Waals surface area contributed by atoms with Gasteiger partial charge in [-0.05, 0) is 37.6 Å². The van der Waals surface area contributed by atoms with Crippen molar-refractivity contribution in [1.29, 1.82) is 0 Å². The van der Waals surface area contributed by atoms with E-state index in [2.05, 4.69) is 43.4 Å². The normalized spacial score (nSPS) is 15.9. The minimum absolute atomic E-state index is 0.0979. The van der Waals surface area contributed by atoms with Crippen molar-refractivity contribution in [1.82, 2.24) is 20.6 Å². The third-order valence-electron chi connectivity index (χ3n) is 5.79. The fourth-order valence-corrected chi connectivity index (χ4v) is 3.92. The second-order valence-corrected chi connectivity index (χ2v) is 8.82. The number of nitrogens with zero attached hydrogens (tertiary/aromatic N) is 4. The Balaban J connectivity index is 1.72. The van der Waals surface area contributed by atoms with Crippen LogP contribution in [0.2, 0.25) is 0 Å². The highest BCUT2D eigenvalue weighted by Crippen LogP contribution is 2.31. The molecular formula is C27H32N6O. The van der Waals surface area contributed by atoms with Crippen molar-refractivity contribution in [3.8, 4) is 0 Å². The van der Waals surface area contributed by atoms with E-state index in [0.29, 0.717) is 18.5 Å². The van der Waals surface area contributed by atoms with E-state index in [4.69, 9.17) is 9.98 Å². The number of hydrogen-bond acceptors (Lipinski definition) is 6. The van der Waals surface area contributed by atoms with Crippen molar-refractivity contribution >= 4 is 23.4 Å². The van der Waals surface area contributed by atoms with Crippen LogP contribution in [0.1, 0.15) is 67.3 Å². The van der Waals surface area contributed by atoms with Gasteiger partial charge in [0.15, 0.2) is 5.82 Å². The van der Waals surface area contributed by atoms with E-state index in [-0.39, 0.29) is 17.9 Å². The molecule has 1 atom stereocenters. The number of amides is 1. The zero-order valence-corrected chi connectivity index (χ0v) is 20.2. The molecule has 1 aromatic heterocycles. The van der Waals surface area contributed by atoms with Crippen LogP contribution in [0.5, 0.6) is 0 Å². The van der Waals surface area contributed by atoms with Crippen LogP contribution in [0, 0.1) is 0 Å². The number of nitrogens with one attached hydrogen (secondary N) is 2. The molecule has 7 heteroatoms. The lowest BCUT2D eigenvalue weighted by atomic mass is 10.0. The number of hydrazone groups is 1. The molecule has 176 valence electrons. The Hall–Kier alpha value is -3.58. The maximum Gasteiger partial charge on any atom is 0.251 e. The Morgan fingerprint density at radius 2 is 1.94 bits per heavy atom. The molecule has 7 nitrogen and oxygen atoms in total. The molecule has 1 amide bonds. The van der Waals surface area contributed by atoms with Gasteiger partial charge in [0.05, 0.1) is 11.4 Å². The number of carbonyl (C=O) groups excluding carboxylic acids is 1. The minimum Gasteiger partial charge on any atom is -0.350 e. The van der Waals surface area contributed by atoms with Gasteiger partial charge in [0.25, 0.3) is 5.91 Å². The van der Waals surface area contributed by atoms with Crippen molar-refractivity contribution in [3.05, 3.63) is 83.1 Å². The molecule has 0 saturated heterocycles. The number of allylic oxidation sites excluding steroid dienone is 2. The van der Waals surface area contributed by atoms with Gasteiger partial charge < -0.3 is 10.6 Å². The third kappa shape index (κ3) is 5.31. The van der Waals surface area contributed by atoms with E-state index < -0.39 is 0 Å². The summed E-state index contributed by atoms with van der Waals surface area (Å²) in [6, 6.07) is 14.0. The van der Waals surface area contributed by atoms with Gasteiger partial charge in [-0.2, -0.15) is 5.10 Å². The summed E-state index contributed by atoms with van der Waals surface area (Å²) in [4.78, 5) is 22.9. The molecule has 1 aromatic carbocycles. The lowest BCUT2D eigenvalue weighted by Gasteiger charge is -2.26. The molecule has 0 fully saturated rings. The summed E-state index contributed by atoms with van der Waals surface area (Å²) in [5.41, 5.74) is 5.11. The quantitative estimate of drug-likeness (QED) is 0.620. The number of carbonyl (C=O) groups is 1. The standard InChI is InChI=1S/C27H32N6O/c1-5-28-19(4)17-29-27(34)21-15-24(18(2)3)31-25(16-21)22-11-13-30-33-14-12-23(32-26(22)33)20-9-7-6-8-10-20/h6-10,12-16,18-19,28H,5,11,17H2,1-4H3,(H,29,34). The number of pyridine rings is 1. The fraction of sp³-hybridized carbons (Fsp3) is 0.333. The van der Waals surface area contributed by atoms with E-state index >= 15 is 0 Å². The number of fused-ring (bicyclic) bond motifs is 1. The number of rotatable bonds is 8. The summed E-state index contributed by atoms with van der Waals surface area (Å²) < 4.78 is 0. The maximum atomic E-state index is 13.0. The Morgan fingerprint density at radius 1 is 1.15 bits per heavy atom. The number of aliphatic imine (C=N–C) groups is 1. The van der Waals surface area contributed by atoms with E-state index in [1.54, 1.807) is 5.01 Å². The molecule has 0 aliphatic carbocycles. The lowest BCUT2D eigenvalue weighted by Crippen LogP contribution is -2.38. The molecule has 4 rings (SSSR count). The first-order valence-corrected chi connectivity index (χ1v) is 11.9. The smallest absolute Gasteiger partial charge is 0.251 e. The molecule has 3 heterocycles. The second kappa shape index (κ2) is 10.6. The van der Waals surface area contributed by atoms with Crippen LogP contribution < -0.4 is 10.6 Å². The Morgan fingerprint density at radius 3 is 2.68 bits per heavy atom. The van der Waals surface area contributed by atoms with Crippen molar-refractivity contribution in [2.24, 2.45) is 10.1 Å². The summed E-state index contributed by atoms with van der Waals surface area (Å²) in [6.45, 7) is 9.71. The number of hydrogen-bond donors (Lipinski definition) is 2. The number of aromatic nitrogens is 1. The first kappa shape index (κ1) is 23.6. The van der Waals surface area contributed by atoms with Gasteiger partial charge >= 0.3 is 0 Å². The van der Waals surface area contributed by atoms with Crippen molar-refractivity contribution in [2.75, 3.05) is 13.1 Å². The summed E-state index contributed by atoms with van der Waals surface area (Å²) in [5.74, 6) is 0.824. The largest absolute Gasteiger partial charge is 0.350 e. The van der Waals surface area contributed by atoms with E-state index in [1.807, 2.05) is 61.0 Å². The molecule has 34 heavy (non-hydrogen) atoms. The molecule has 0 saturated carbocycles. The number of likely N-dealkylation sites (N-methyl/N-ethyl adjacent to an activating group) is 1. The SMILES string of the molecule is CCNC(C)CNC(=O)c1cc(C2=C3N=C(c4ccccc4)C=CN3N=CC2)nc(C(C)C)c1. The zero-order valence-electron chi connectivity index (χ0n) is 20.2. The van der Waals surface area contributed by atoms with E-state index in [1.165, 1.54) is 0 Å². The summed E-state index contributed by atoms with van der Waals surface area (Å²) in [6.07, 6.45) is 6.33.